The molecule has 1 atom stereocenters. The quantitative estimate of drug-likeness (QED) is 0.239. The van der Waals surface area contributed by atoms with Gasteiger partial charge in [0.2, 0.25) is 0 Å². The van der Waals surface area contributed by atoms with Crippen LogP contribution in [0.4, 0.5) is 0 Å². The van der Waals surface area contributed by atoms with Gasteiger partial charge in [0.05, 0.1) is 15.1 Å². The van der Waals surface area contributed by atoms with Crippen LogP contribution in [0.5, 0.6) is 11.5 Å². The third-order valence-corrected chi connectivity index (χ3v) is 7.34. The summed E-state index contributed by atoms with van der Waals surface area (Å²) in [5.41, 5.74) is -0.510. The van der Waals surface area contributed by atoms with Gasteiger partial charge in [-0.1, -0.05) is 76.7 Å². The largest absolute Gasteiger partial charge is 0.508 e. The summed E-state index contributed by atoms with van der Waals surface area (Å²) in [7, 11) is -5.10. The van der Waals surface area contributed by atoms with Crippen LogP contribution >= 0.6 is 46.4 Å². The van der Waals surface area contributed by atoms with Crippen LogP contribution in [-0.2, 0) is 14.9 Å². The van der Waals surface area contributed by atoms with Gasteiger partial charge in [-0.3, -0.25) is 4.55 Å². The predicted molar refractivity (Wildman–Crippen MR) is 114 cm³/mol. The minimum Gasteiger partial charge on any atom is -0.508 e. The second kappa shape index (κ2) is 7.87. The lowest BCUT2D eigenvalue weighted by Crippen LogP contribution is -2.39. The number of aromatic hydroxyl groups is 2. The third-order valence-electron chi connectivity index (χ3n) is 4.40. The number of hydrogen-bond donors (Lipinski definition) is 3. The molecule has 0 aliphatic carbocycles. The highest BCUT2D eigenvalue weighted by Gasteiger charge is 2.52. The van der Waals surface area contributed by atoms with E-state index in [1.165, 1.54) is 42.5 Å². The number of phenols is 2. The van der Waals surface area contributed by atoms with Gasteiger partial charge < -0.3 is 10.2 Å². The van der Waals surface area contributed by atoms with Gasteiger partial charge in [-0.15, -0.1) is 0 Å². The normalized spacial score (nSPS) is 13.8. The summed E-state index contributed by atoms with van der Waals surface area (Å²) in [4.78, 5) is 0. The molecule has 0 saturated carbocycles. The fraction of sp³-hybridized carbons (Fsp3) is 0.0526. The Morgan fingerprint density at radius 3 is 1.93 bits per heavy atom. The van der Waals surface area contributed by atoms with Crippen LogP contribution < -0.4 is 0 Å². The average molecular weight is 494 g/mol. The molecule has 5 nitrogen and oxygen atoms in total. The molecule has 3 aromatic rings. The highest BCUT2D eigenvalue weighted by atomic mass is 35.5. The molecule has 0 heterocycles. The molecule has 3 aromatic carbocycles. The minimum atomic E-state index is -5.10. The first-order valence-electron chi connectivity index (χ1n) is 7.90. The van der Waals surface area contributed by atoms with E-state index in [0.717, 1.165) is 6.07 Å². The molecule has 0 saturated heterocycles. The van der Waals surface area contributed by atoms with Gasteiger partial charge in [0, 0.05) is 22.2 Å². The maximum absolute atomic E-state index is 13.0. The van der Waals surface area contributed by atoms with E-state index in [4.69, 9.17) is 46.4 Å². The number of rotatable bonds is 4. The molecular weight excluding hydrogens is 482 g/mol. The van der Waals surface area contributed by atoms with E-state index in [1.54, 1.807) is 6.07 Å². The van der Waals surface area contributed by atoms with Gasteiger partial charge >= 0.3 is 0 Å². The van der Waals surface area contributed by atoms with Crippen molar-refractivity contribution in [2.24, 2.45) is 0 Å². The number of hydrogen-bond acceptors (Lipinski definition) is 4. The summed E-state index contributed by atoms with van der Waals surface area (Å²) in [6.07, 6.45) is 0. The Hall–Kier alpha value is -1.67. The summed E-state index contributed by atoms with van der Waals surface area (Å²) >= 11 is 25.0. The molecule has 1 unspecified atom stereocenters. The molecule has 0 aromatic heterocycles. The van der Waals surface area contributed by atoms with Crippen LogP contribution in [0.1, 0.15) is 16.7 Å². The maximum Gasteiger partial charge on any atom is 0.283 e. The molecule has 0 aliphatic rings. The van der Waals surface area contributed by atoms with E-state index in [2.05, 4.69) is 0 Å². The van der Waals surface area contributed by atoms with E-state index in [-0.39, 0.29) is 37.5 Å². The first kappa shape index (κ1) is 22.0. The predicted octanol–water partition coefficient (Wildman–Crippen LogP) is 5.89. The topological polar surface area (TPSA) is 94.8 Å². The van der Waals surface area contributed by atoms with Crippen molar-refractivity contribution >= 4 is 56.5 Å². The standard InChI is InChI=1S/C19H12Cl4O5S/c20-13-4-2-1-3-12(13)19(29(26,27)28,10-5-7-11(24)8-6-10)16-17(22)14(21)9-15(25)18(16)23/h1-9,24-25H,(H,26,27,28). The van der Waals surface area contributed by atoms with Gasteiger partial charge in [0.1, 0.15) is 11.5 Å². The molecule has 3 N–H and O–H groups in total. The van der Waals surface area contributed by atoms with Crippen molar-refractivity contribution in [2.75, 3.05) is 0 Å². The van der Waals surface area contributed by atoms with Gasteiger partial charge in [-0.05, 0) is 23.8 Å². The van der Waals surface area contributed by atoms with Crippen LogP contribution in [-0.4, -0.2) is 23.2 Å². The smallest absolute Gasteiger partial charge is 0.283 e. The van der Waals surface area contributed by atoms with E-state index in [1.807, 2.05) is 0 Å². The first-order chi connectivity index (χ1) is 13.5. The zero-order valence-corrected chi connectivity index (χ0v) is 18.1. The first-order valence-corrected chi connectivity index (χ1v) is 10.9. The SMILES string of the molecule is O=S(=O)(O)C(c1ccc(O)cc1)(c1ccccc1Cl)c1c(Cl)c(O)cc(Cl)c1Cl. The Balaban J connectivity index is 2.66. The Labute approximate surface area is 186 Å². The molecule has 0 bridgehead atoms. The highest BCUT2D eigenvalue weighted by molar-refractivity contribution is 7.87. The van der Waals surface area contributed by atoms with Crippen LogP contribution in [0.3, 0.4) is 0 Å². The molecule has 152 valence electrons. The highest BCUT2D eigenvalue weighted by Crippen LogP contribution is 2.54. The molecule has 0 amide bonds. The minimum absolute atomic E-state index is 0.0233. The van der Waals surface area contributed by atoms with Crippen molar-refractivity contribution in [3.63, 3.8) is 0 Å². The van der Waals surface area contributed by atoms with E-state index >= 15 is 0 Å². The average Bonchev–Trinajstić information content (AvgIpc) is 2.64. The molecular formula is C19H12Cl4O5S. The van der Waals surface area contributed by atoms with Gasteiger partial charge in [0.15, 0.2) is 4.75 Å². The zero-order valence-electron chi connectivity index (χ0n) is 14.3. The summed E-state index contributed by atoms with van der Waals surface area (Å²) in [5.74, 6) is -0.696. The maximum atomic E-state index is 13.0. The molecule has 3 rings (SSSR count). The summed E-state index contributed by atoms with van der Waals surface area (Å²) in [5, 5.41) is 18.9. The van der Waals surface area contributed by atoms with Crippen LogP contribution in [0.25, 0.3) is 0 Å². The molecule has 0 radical (unpaired) electrons. The van der Waals surface area contributed by atoms with Gasteiger partial charge in [0.25, 0.3) is 10.1 Å². The Kier molecular flexibility index (Phi) is 5.98. The van der Waals surface area contributed by atoms with Crippen LogP contribution in [0.2, 0.25) is 20.1 Å². The van der Waals surface area contributed by atoms with Crippen molar-refractivity contribution in [3.8, 4) is 11.5 Å². The van der Waals surface area contributed by atoms with Crippen molar-refractivity contribution in [1.29, 1.82) is 0 Å². The summed E-state index contributed by atoms with van der Waals surface area (Å²) < 4.78 is 34.1. The summed E-state index contributed by atoms with van der Waals surface area (Å²) in [6, 6.07) is 11.9. The van der Waals surface area contributed by atoms with E-state index < -0.39 is 25.6 Å². The summed E-state index contributed by atoms with van der Waals surface area (Å²) in [6.45, 7) is 0. The molecule has 29 heavy (non-hydrogen) atoms. The second-order valence-electron chi connectivity index (χ2n) is 6.06. The van der Waals surface area contributed by atoms with E-state index in [0.29, 0.717) is 0 Å². The fourth-order valence-electron chi connectivity index (χ4n) is 3.19. The van der Waals surface area contributed by atoms with E-state index in [9.17, 15) is 23.2 Å². The van der Waals surface area contributed by atoms with Crippen molar-refractivity contribution in [3.05, 3.63) is 91.4 Å². The fourth-order valence-corrected chi connectivity index (χ4v) is 5.82. The lowest BCUT2D eigenvalue weighted by Gasteiger charge is -2.34. The third kappa shape index (κ3) is 3.54. The number of halogens is 4. The lowest BCUT2D eigenvalue weighted by molar-refractivity contribution is 0.455. The lowest BCUT2D eigenvalue weighted by atomic mass is 9.83. The van der Waals surface area contributed by atoms with Crippen molar-refractivity contribution in [1.82, 2.24) is 0 Å². The molecule has 0 fully saturated rings. The molecule has 0 aliphatic heterocycles. The Bertz CT molecular complexity index is 1170. The molecule has 0 spiro atoms. The Morgan fingerprint density at radius 2 is 1.38 bits per heavy atom. The number of phenolic OH excluding ortho intramolecular Hbond substituents is 2. The van der Waals surface area contributed by atoms with Gasteiger partial charge in [-0.25, -0.2) is 0 Å². The van der Waals surface area contributed by atoms with Crippen molar-refractivity contribution in [2.45, 2.75) is 4.75 Å². The number of benzene rings is 3. The van der Waals surface area contributed by atoms with Crippen LogP contribution in [0, 0.1) is 0 Å². The van der Waals surface area contributed by atoms with Crippen LogP contribution in [0.15, 0.2) is 54.6 Å². The monoisotopic (exact) mass is 492 g/mol. The van der Waals surface area contributed by atoms with Gasteiger partial charge in [-0.2, -0.15) is 8.42 Å². The Morgan fingerprint density at radius 1 is 0.793 bits per heavy atom. The molecule has 10 heteroatoms. The zero-order chi connectivity index (χ0) is 21.6. The van der Waals surface area contributed by atoms with Crippen molar-refractivity contribution < 1.29 is 23.2 Å². The second-order valence-corrected chi connectivity index (χ2v) is 9.20.